The molecule has 7 aromatic rings. The van der Waals surface area contributed by atoms with E-state index in [4.69, 9.17) is 0 Å². The lowest BCUT2D eigenvalue weighted by Crippen LogP contribution is -2.49. The summed E-state index contributed by atoms with van der Waals surface area (Å²) >= 11 is 0. The van der Waals surface area contributed by atoms with Gasteiger partial charge in [-0.05, 0) is 82.3 Å². The molecule has 0 heterocycles. The molecule has 0 radical (unpaired) electrons. The number of rotatable bonds is 7. The summed E-state index contributed by atoms with van der Waals surface area (Å²) < 4.78 is 0. The molecule has 0 aliphatic heterocycles. The predicted molar refractivity (Wildman–Crippen MR) is 342 cm³/mol. The number of phenolic OH excluding ortho intramolecular Hbond substituents is 7. The van der Waals surface area contributed by atoms with Gasteiger partial charge in [0.25, 0.3) is 0 Å². The smallest absolute Gasteiger partial charge is 0.145 e. The van der Waals surface area contributed by atoms with Gasteiger partial charge < -0.3 is 40.6 Å². The lowest BCUT2D eigenvalue weighted by molar-refractivity contribution is 0.474. The van der Waals surface area contributed by atoms with Crippen LogP contribution in [0.4, 0.5) is 11.4 Å². The maximum atomic E-state index is 12.8. The summed E-state index contributed by atoms with van der Waals surface area (Å²) in [5.74, 6) is -0.103. The van der Waals surface area contributed by atoms with Crippen LogP contribution in [0.25, 0.3) is 54.9 Å². The second-order valence-corrected chi connectivity index (χ2v) is 20.0. The number of fused-ring (bicyclic) bond motifs is 2. The minimum absolute atomic E-state index is 0.0733. The summed E-state index contributed by atoms with van der Waals surface area (Å²) in [5, 5.41) is 87.6. The normalized spacial score (nSPS) is 11.5. The first kappa shape index (κ1) is 51.1. The quantitative estimate of drug-likeness (QED) is 0.0476. The van der Waals surface area contributed by atoms with Crippen molar-refractivity contribution in [1.29, 1.82) is 0 Å². The third-order valence-electron chi connectivity index (χ3n) is 17.0. The van der Waals surface area contributed by atoms with E-state index in [-0.39, 0.29) is 51.0 Å². The Bertz CT molecular complexity index is 3350. The number of aromatic hydroxyl groups is 7. The van der Waals surface area contributed by atoms with Gasteiger partial charge in [-0.3, -0.25) is 0 Å². The molecule has 0 saturated heterocycles. The van der Waals surface area contributed by atoms with E-state index >= 15 is 0 Å². The van der Waals surface area contributed by atoms with Gasteiger partial charge in [0.1, 0.15) is 166 Å². The molecular weight excluding hydrogens is 839 g/mol. The molecule has 0 unspecified atom stereocenters. The van der Waals surface area contributed by atoms with Crippen molar-refractivity contribution in [3.63, 3.8) is 0 Å². The molecule has 7 aromatic carbocycles. The molecule has 7 N–H and O–H groups in total. The first-order chi connectivity index (χ1) is 32.0. The maximum Gasteiger partial charge on any atom is 0.145 e. The topological polar surface area (TPSA) is 145 Å². The number of benzene rings is 7. The molecule has 7 rings (SSSR count). The van der Waals surface area contributed by atoms with Gasteiger partial charge in [-0.2, -0.15) is 0 Å². The number of anilines is 2. The van der Waals surface area contributed by atoms with Crippen LogP contribution in [0.5, 0.6) is 40.2 Å². The highest BCUT2D eigenvalue weighted by Gasteiger charge is 2.35. The van der Waals surface area contributed by atoms with Gasteiger partial charge in [0.15, 0.2) is 0 Å². The van der Waals surface area contributed by atoms with Gasteiger partial charge in [-0.1, -0.05) is 68.1 Å². The highest BCUT2D eigenvalue weighted by atomic mass is 16.3. The van der Waals surface area contributed by atoms with E-state index in [2.05, 4.69) is 34.1 Å². The Morgan fingerprint density at radius 2 is 0.638 bits per heavy atom. The number of phenols is 7. The summed E-state index contributed by atoms with van der Waals surface area (Å²) in [4.78, 5) is 2.22. The lowest BCUT2D eigenvalue weighted by Gasteiger charge is -2.36. The minimum atomic E-state index is -0.108. The molecule has 0 spiro atoms. The van der Waals surface area contributed by atoms with Gasteiger partial charge in [-0.15, -0.1) is 5.46 Å². The number of nitrogens with zero attached hydrogens (tertiary/aromatic N) is 1. The Morgan fingerprint density at radius 3 is 1.07 bits per heavy atom. The summed E-state index contributed by atoms with van der Waals surface area (Å²) in [6.07, 6.45) is 0.644. The van der Waals surface area contributed by atoms with Crippen LogP contribution in [0.3, 0.4) is 0 Å². The molecule has 0 aliphatic carbocycles. The van der Waals surface area contributed by atoms with Crippen LogP contribution >= 0.6 is 0 Å². The SMILES string of the molecule is Bc1c(B)c(B)c(-c2c(B)c(B)c(-c3c4c(O)c(B)c(B)c(O)c4c(-c4c(B)c(B)c(N(C(=C)CC)c5c(B)c(B)c(O)c(C)c5C)c(B)c4C)c4c(O)c(B)c(B)c(O)c34)c(B)c2O)c(O)c1B. The Kier molecular flexibility index (Phi) is 13.0. The van der Waals surface area contributed by atoms with Crippen LogP contribution in [0.15, 0.2) is 12.3 Å². The minimum Gasteiger partial charge on any atom is -0.508 e. The third kappa shape index (κ3) is 6.95. The van der Waals surface area contributed by atoms with Crippen LogP contribution in [-0.4, -0.2) is 161 Å². The van der Waals surface area contributed by atoms with E-state index in [0.717, 1.165) is 88.5 Å². The van der Waals surface area contributed by atoms with Gasteiger partial charge in [0.05, 0.1) is 0 Å². The summed E-state index contributed by atoms with van der Waals surface area (Å²) in [6.45, 7) is 12.7. The van der Waals surface area contributed by atoms with Crippen molar-refractivity contribution in [2.45, 2.75) is 34.1 Å². The largest absolute Gasteiger partial charge is 0.508 e. The van der Waals surface area contributed by atoms with Crippen molar-refractivity contribution in [1.82, 2.24) is 0 Å². The summed E-state index contributed by atoms with van der Waals surface area (Å²) in [5.41, 5.74) is 19.9. The standard InChI is InChI=1S/C45H55B16NO7/c1-6-7(2)62(37-8(3)9(4)39(63)32(57)30(37)55)38-21(46)10(5)11(22(47)29(38)54)12-14-16(42(66)35(60)33(58)40(14)64)13(17-15(12)41(65)34(59)36(61)43(17)67)18-23(48)24(49)19(44(68)26(18)51)20-25(50)27(52)28(53)31(56)45(20)69/h63-69H,2,6,46-61H2,1,3-5H3. The zero-order valence-electron chi connectivity index (χ0n) is 44.5. The first-order valence-electron chi connectivity index (χ1n) is 23.9. The molecule has 8 nitrogen and oxygen atoms in total. The van der Waals surface area contributed by atoms with Crippen molar-refractivity contribution in [3.8, 4) is 73.6 Å². The zero-order valence-corrected chi connectivity index (χ0v) is 44.5. The van der Waals surface area contributed by atoms with Crippen LogP contribution in [0.1, 0.15) is 30.0 Å². The van der Waals surface area contributed by atoms with Gasteiger partial charge in [0, 0.05) is 60.9 Å². The predicted octanol–water partition coefficient (Wildman–Crippen LogP) is -16.9. The van der Waals surface area contributed by atoms with Crippen molar-refractivity contribution in [3.05, 3.63) is 29.0 Å². The molecule has 0 atom stereocenters. The highest BCUT2D eigenvalue weighted by Crippen LogP contribution is 2.52. The Balaban J connectivity index is 1.76. The molecule has 0 aromatic heterocycles. The third-order valence-corrected chi connectivity index (χ3v) is 17.0. The van der Waals surface area contributed by atoms with Crippen molar-refractivity contribution < 1.29 is 35.7 Å². The van der Waals surface area contributed by atoms with Crippen molar-refractivity contribution in [2.75, 3.05) is 4.90 Å². The van der Waals surface area contributed by atoms with Gasteiger partial charge >= 0.3 is 0 Å². The number of hydrogen-bond donors (Lipinski definition) is 7. The second-order valence-electron chi connectivity index (χ2n) is 20.0. The molecule has 0 fully saturated rings. The molecule has 0 bridgehead atoms. The van der Waals surface area contributed by atoms with E-state index in [0.29, 0.717) is 83.3 Å². The zero-order chi connectivity index (χ0) is 51.8. The van der Waals surface area contributed by atoms with Crippen LogP contribution < -0.4 is 92.3 Å². The molecule has 24 heteroatoms. The summed E-state index contributed by atoms with van der Waals surface area (Å²) in [7, 11) is 30.6. The monoisotopic (exact) mass is 898 g/mol. The maximum absolute atomic E-state index is 12.8. The van der Waals surface area contributed by atoms with Crippen molar-refractivity contribution in [2.24, 2.45) is 0 Å². The molecule has 0 amide bonds. The Hall–Kier alpha value is -5.76. The number of allylic oxidation sites excluding steroid dienone is 1. The lowest BCUT2D eigenvalue weighted by atomic mass is 9.61. The average molecular weight is 895 g/mol. The molecule has 0 aliphatic rings. The number of hydrogen-bond acceptors (Lipinski definition) is 8. The van der Waals surface area contributed by atoms with E-state index in [1.807, 2.05) is 91.4 Å². The van der Waals surface area contributed by atoms with Crippen LogP contribution in [0, 0.1) is 20.8 Å². The summed E-state index contributed by atoms with van der Waals surface area (Å²) in [6, 6.07) is 0. The van der Waals surface area contributed by atoms with E-state index < -0.39 is 0 Å². The van der Waals surface area contributed by atoms with E-state index in [1.165, 1.54) is 0 Å². The first-order valence-corrected chi connectivity index (χ1v) is 23.9. The fourth-order valence-electron chi connectivity index (χ4n) is 11.3. The van der Waals surface area contributed by atoms with Crippen molar-refractivity contribution >= 4 is 246 Å². The molecule has 330 valence electrons. The Labute approximate surface area is 421 Å². The van der Waals surface area contributed by atoms with Crippen LogP contribution in [0.2, 0.25) is 0 Å². The van der Waals surface area contributed by atoms with Gasteiger partial charge in [0.2, 0.25) is 0 Å². The molecular formula is C45H55B16NO7. The van der Waals surface area contributed by atoms with Gasteiger partial charge in [-0.25, -0.2) is 0 Å². The second kappa shape index (κ2) is 17.6. The Morgan fingerprint density at radius 1 is 0.319 bits per heavy atom. The highest BCUT2D eigenvalue weighted by molar-refractivity contribution is 6.66. The van der Waals surface area contributed by atoms with E-state index in [9.17, 15) is 35.7 Å². The average Bonchev–Trinajstić information content (AvgIpc) is 3.32. The van der Waals surface area contributed by atoms with Crippen LogP contribution in [-0.2, 0) is 0 Å². The fourth-order valence-corrected chi connectivity index (χ4v) is 11.3. The van der Waals surface area contributed by atoms with E-state index in [1.54, 1.807) is 39.2 Å². The molecule has 69 heavy (non-hydrogen) atoms. The molecule has 0 saturated carbocycles. The fraction of sp³-hybridized carbons (Fsp3) is 0.111.